The van der Waals surface area contributed by atoms with Crippen LogP contribution in [0.1, 0.15) is 50.5 Å². The van der Waals surface area contributed by atoms with Crippen molar-refractivity contribution in [3.63, 3.8) is 0 Å². The highest BCUT2D eigenvalue weighted by Crippen LogP contribution is 2.57. The summed E-state index contributed by atoms with van der Waals surface area (Å²) in [6, 6.07) is 6.74. The summed E-state index contributed by atoms with van der Waals surface area (Å²) in [6.45, 7) is 1.92. The fourth-order valence-corrected chi connectivity index (χ4v) is 9.55. The molecule has 0 atom stereocenters. The van der Waals surface area contributed by atoms with E-state index in [0.717, 1.165) is 55.6 Å². The summed E-state index contributed by atoms with van der Waals surface area (Å²) in [5.74, 6) is 2.13. The van der Waals surface area contributed by atoms with Gasteiger partial charge in [-0.15, -0.1) is 10.3 Å². The minimum Gasteiger partial charge on any atom is -0.298 e. The summed E-state index contributed by atoms with van der Waals surface area (Å²) in [5.41, 5.74) is 1.01. The molecule has 0 N–H and O–H groups in total. The normalized spacial score (nSPS) is 22.6. The van der Waals surface area contributed by atoms with Gasteiger partial charge in [-0.05, 0) is 44.7 Å². The van der Waals surface area contributed by atoms with E-state index >= 15 is 0 Å². The monoisotopic (exact) mass is 384 g/mol. The van der Waals surface area contributed by atoms with Crippen molar-refractivity contribution in [2.75, 3.05) is 17.3 Å². The number of hydrogen-bond donors (Lipinski definition) is 0. The Bertz CT molecular complexity index is 697. The van der Waals surface area contributed by atoms with Crippen LogP contribution in [-0.2, 0) is 18.5 Å². The molecule has 1 saturated heterocycles. The standard InChI is InChI=1S/C19H28O4S2/c1-16-9-11-18(12-10-16)25(21,22)23-24(13-5-6-14-24)15-19(20)17-7-3-2-4-8-17/h9-12,17H,2-8,13-15H2,1H3. The number of rotatable bonds is 6. The van der Waals surface area contributed by atoms with Gasteiger partial charge in [0.25, 0.3) is 0 Å². The fraction of sp³-hybridized carbons (Fsp3) is 0.632. The molecule has 1 aliphatic heterocycles. The lowest BCUT2D eigenvalue weighted by Crippen LogP contribution is -2.27. The van der Waals surface area contributed by atoms with Crippen molar-refractivity contribution in [1.29, 1.82) is 0 Å². The molecule has 140 valence electrons. The summed E-state index contributed by atoms with van der Waals surface area (Å²) < 4.78 is 31.3. The van der Waals surface area contributed by atoms with Crippen molar-refractivity contribution >= 4 is 26.2 Å². The summed E-state index contributed by atoms with van der Waals surface area (Å²) in [6.07, 6.45) is 7.26. The molecule has 0 bridgehead atoms. The molecule has 1 aromatic carbocycles. The Balaban J connectivity index is 1.75. The van der Waals surface area contributed by atoms with Crippen molar-refractivity contribution in [3.05, 3.63) is 29.8 Å². The predicted octanol–water partition coefficient (Wildman–Crippen LogP) is 4.36. The molecule has 25 heavy (non-hydrogen) atoms. The van der Waals surface area contributed by atoms with Crippen LogP contribution in [0.2, 0.25) is 0 Å². The van der Waals surface area contributed by atoms with E-state index in [-0.39, 0.29) is 16.6 Å². The zero-order valence-electron chi connectivity index (χ0n) is 14.9. The second kappa shape index (κ2) is 7.80. The van der Waals surface area contributed by atoms with Crippen LogP contribution >= 0.6 is 10.3 Å². The number of carbonyl (C=O) groups is 1. The average molecular weight is 385 g/mol. The van der Waals surface area contributed by atoms with Crippen molar-refractivity contribution in [2.24, 2.45) is 5.92 Å². The van der Waals surface area contributed by atoms with E-state index in [1.165, 1.54) is 6.42 Å². The van der Waals surface area contributed by atoms with E-state index in [4.69, 9.17) is 3.63 Å². The molecule has 4 nitrogen and oxygen atoms in total. The lowest BCUT2D eigenvalue weighted by atomic mass is 9.87. The SMILES string of the molecule is Cc1ccc(S(=O)(=O)OS2(CC(=O)C3CCCCC3)CCCC2)cc1. The molecule has 2 fully saturated rings. The summed E-state index contributed by atoms with van der Waals surface area (Å²) in [7, 11) is -5.67. The highest BCUT2D eigenvalue weighted by atomic mass is 32.3. The predicted molar refractivity (Wildman–Crippen MR) is 102 cm³/mol. The van der Waals surface area contributed by atoms with Gasteiger partial charge >= 0.3 is 10.1 Å². The van der Waals surface area contributed by atoms with E-state index in [9.17, 15) is 13.2 Å². The molecule has 2 aliphatic rings. The summed E-state index contributed by atoms with van der Waals surface area (Å²) in [4.78, 5) is 13.0. The molecule has 0 radical (unpaired) electrons. The van der Waals surface area contributed by atoms with Crippen molar-refractivity contribution in [3.8, 4) is 0 Å². The van der Waals surface area contributed by atoms with Crippen LogP contribution in [0, 0.1) is 12.8 Å². The Labute approximate surface area is 153 Å². The van der Waals surface area contributed by atoms with Gasteiger partial charge in [-0.1, -0.05) is 37.0 Å². The first-order valence-electron chi connectivity index (χ1n) is 9.22. The lowest BCUT2D eigenvalue weighted by Gasteiger charge is -2.35. The van der Waals surface area contributed by atoms with Crippen LogP contribution in [0.25, 0.3) is 0 Å². The second-order valence-electron chi connectivity index (χ2n) is 7.36. The Kier molecular flexibility index (Phi) is 5.91. The molecule has 0 aromatic heterocycles. The Morgan fingerprint density at radius 2 is 1.64 bits per heavy atom. The first-order valence-corrected chi connectivity index (χ1v) is 12.7. The van der Waals surface area contributed by atoms with E-state index in [0.29, 0.717) is 5.75 Å². The highest BCUT2D eigenvalue weighted by Gasteiger charge is 2.38. The molecular formula is C19H28O4S2. The van der Waals surface area contributed by atoms with Crippen LogP contribution in [-0.4, -0.2) is 31.5 Å². The third-order valence-electron chi connectivity index (χ3n) is 5.29. The van der Waals surface area contributed by atoms with Gasteiger partial charge in [0, 0.05) is 17.4 Å². The van der Waals surface area contributed by atoms with Crippen LogP contribution in [0.15, 0.2) is 29.2 Å². The first-order chi connectivity index (χ1) is 11.9. The van der Waals surface area contributed by atoms with Gasteiger partial charge in [-0.3, -0.25) is 4.79 Å². The zero-order chi connectivity index (χ0) is 17.9. The smallest absolute Gasteiger partial charge is 0.298 e. The molecule has 1 aliphatic carbocycles. The highest BCUT2D eigenvalue weighted by molar-refractivity contribution is 8.33. The molecular weight excluding hydrogens is 356 g/mol. The number of carbonyl (C=O) groups excluding carboxylic acids is 1. The van der Waals surface area contributed by atoms with Crippen molar-refractivity contribution in [2.45, 2.75) is 56.8 Å². The maximum atomic E-state index is 12.8. The summed E-state index contributed by atoms with van der Waals surface area (Å²) in [5, 5.41) is 0. The molecule has 1 aromatic rings. The number of hydrogen-bond acceptors (Lipinski definition) is 4. The third kappa shape index (κ3) is 4.66. The first kappa shape index (κ1) is 18.9. The Morgan fingerprint density at radius 3 is 2.24 bits per heavy atom. The number of ketones is 1. The third-order valence-corrected chi connectivity index (χ3v) is 10.9. The molecule has 0 spiro atoms. The van der Waals surface area contributed by atoms with Gasteiger partial charge in [0.2, 0.25) is 0 Å². The Morgan fingerprint density at radius 1 is 1.04 bits per heavy atom. The quantitative estimate of drug-likeness (QED) is 0.731. The lowest BCUT2D eigenvalue weighted by molar-refractivity contribution is -0.121. The van der Waals surface area contributed by atoms with Gasteiger partial charge in [-0.2, -0.15) is 8.42 Å². The summed E-state index contributed by atoms with van der Waals surface area (Å²) >= 11 is 0. The maximum absolute atomic E-state index is 12.8. The van der Waals surface area contributed by atoms with Crippen LogP contribution in [0.3, 0.4) is 0 Å². The zero-order valence-corrected chi connectivity index (χ0v) is 16.5. The maximum Gasteiger partial charge on any atom is 0.306 e. The van der Waals surface area contributed by atoms with E-state index in [1.807, 2.05) is 6.92 Å². The van der Waals surface area contributed by atoms with Crippen molar-refractivity contribution in [1.82, 2.24) is 0 Å². The minimum atomic E-state index is -3.81. The van der Waals surface area contributed by atoms with Gasteiger partial charge in [0.1, 0.15) is 5.78 Å². The molecule has 0 amide bonds. The van der Waals surface area contributed by atoms with Crippen LogP contribution in [0.5, 0.6) is 0 Å². The number of benzene rings is 1. The van der Waals surface area contributed by atoms with Gasteiger partial charge < -0.3 is 0 Å². The van der Waals surface area contributed by atoms with E-state index in [1.54, 1.807) is 24.3 Å². The molecule has 3 rings (SSSR count). The molecule has 1 saturated carbocycles. The largest absolute Gasteiger partial charge is 0.306 e. The van der Waals surface area contributed by atoms with Crippen LogP contribution < -0.4 is 0 Å². The van der Waals surface area contributed by atoms with Crippen LogP contribution in [0.4, 0.5) is 0 Å². The van der Waals surface area contributed by atoms with E-state index < -0.39 is 20.4 Å². The molecule has 6 heteroatoms. The van der Waals surface area contributed by atoms with Gasteiger partial charge in [0.15, 0.2) is 0 Å². The second-order valence-corrected chi connectivity index (χ2v) is 12.3. The number of aryl methyl sites for hydroxylation is 1. The minimum absolute atomic E-state index is 0.115. The van der Waals surface area contributed by atoms with Gasteiger partial charge in [-0.25, -0.2) is 3.63 Å². The van der Waals surface area contributed by atoms with Crippen molar-refractivity contribution < 1.29 is 16.8 Å². The fourth-order valence-electron chi connectivity index (χ4n) is 3.80. The molecule has 1 heterocycles. The van der Waals surface area contributed by atoms with E-state index in [2.05, 4.69) is 0 Å². The van der Waals surface area contributed by atoms with Gasteiger partial charge in [0.05, 0.1) is 10.6 Å². The topological polar surface area (TPSA) is 60.4 Å². The number of Topliss-reactive ketones (excluding diaryl/α,β-unsaturated/α-hetero) is 1. The Hall–Kier alpha value is -0.850. The molecule has 0 unspecified atom stereocenters. The average Bonchev–Trinajstić information content (AvgIpc) is 3.03.